The predicted octanol–water partition coefficient (Wildman–Crippen LogP) is 3.39. The van der Waals surface area contributed by atoms with Crippen LogP contribution in [0.4, 0.5) is 0 Å². The molecule has 0 unspecified atom stereocenters. The van der Waals surface area contributed by atoms with Crippen LogP contribution in [-0.2, 0) is 6.42 Å². The minimum Gasteiger partial charge on any atom is -0.315 e. The summed E-state index contributed by atoms with van der Waals surface area (Å²) < 4.78 is 0. The fourth-order valence-corrected chi connectivity index (χ4v) is 2.64. The van der Waals surface area contributed by atoms with E-state index in [9.17, 15) is 0 Å². The molecule has 0 aliphatic rings. The molecule has 1 aromatic heterocycles. The van der Waals surface area contributed by atoms with Crippen molar-refractivity contribution >= 4 is 11.3 Å². The van der Waals surface area contributed by atoms with Crippen molar-refractivity contribution in [3.05, 3.63) is 22.4 Å². The van der Waals surface area contributed by atoms with Crippen LogP contribution in [-0.4, -0.2) is 37.6 Å². The average molecular weight is 268 g/mol. The van der Waals surface area contributed by atoms with Crippen LogP contribution in [0.3, 0.4) is 0 Å². The molecule has 1 heterocycles. The molecule has 1 N–H and O–H groups in total. The van der Waals surface area contributed by atoms with Gasteiger partial charge in [-0.15, -0.1) is 11.3 Å². The lowest BCUT2D eigenvalue weighted by Gasteiger charge is -2.16. The van der Waals surface area contributed by atoms with Gasteiger partial charge in [-0.2, -0.15) is 0 Å². The van der Waals surface area contributed by atoms with E-state index in [1.807, 2.05) is 11.3 Å². The second-order valence-corrected chi connectivity index (χ2v) is 6.33. The molecule has 0 bridgehead atoms. The van der Waals surface area contributed by atoms with Crippen LogP contribution < -0.4 is 5.32 Å². The second-order valence-electron chi connectivity index (χ2n) is 5.30. The van der Waals surface area contributed by atoms with Gasteiger partial charge in [-0.25, -0.2) is 0 Å². The number of hydrogen-bond donors (Lipinski definition) is 1. The topological polar surface area (TPSA) is 15.3 Å². The second kappa shape index (κ2) is 9.54. The number of hydrogen-bond acceptors (Lipinski definition) is 3. The maximum Gasteiger partial charge on any atom is 0.00579 e. The Hall–Kier alpha value is -0.380. The largest absolute Gasteiger partial charge is 0.315 e. The summed E-state index contributed by atoms with van der Waals surface area (Å²) in [5.74, 6) is 0. The molecule has 18 heavy (non-hydrogen) atoms. The number of likely N-dealkylation sites (N-methyl/N-ethyl adjacent to an activating group) is 1. The molecule has 0 atom stereocenters. The van der Waals surface area contributed by atoms with Crippen LogP contribution in [0.15, 0.2) is 17.5 Å². The van der Waals surface area contributed by atoms with Gasteiger partial charge in [0.1, 0.15) is 0 Å². The molecule has 1 aromatic rings. The highest BCUT2D eigenvalue weighted by Gasteiger charge is 2.00. The molecule has 104 valence electrons. The standard InChI is InChI=1S/C15H28N2S/c1-14(2)16-10-5-4-6-11-17(3)12-9-15-8-7-13-18-15/h7-8,13-14,16H,4-6,9-12H2,1-3H3. The van der Waals surface area contributed by atoms with Gasteiger partial charge in [0.2, 0.25) is 0 Å². The summed E-state index contributed by atoms with van der Waals surface area (Å²) in [7, 11) is 2.24. The first-order valence-electron chi connectivity index (χ1n) is 7.13. The molecule has 2 nitrogen and oxygen atoms in total. The van der Waals surface area contributed by atoms with E-state index >= 15 is 0 Å². The summed E-state index contributed by atoms with van der Waals surface area (Å²) >= 11 is 1.87. The van der Waals surface area contributed by atoms with Crippen molar-refractivity contribution in [3.63, 3.8) is 0 Å². The minimum absolute atomic E-state index is 0.624. The summed E-state index contributed by atoms with van der Waals surface area (Å²) in [5.41, 5.74) is 0. The molecule has 0 saturated heterocycles. The Balaban J connectivity index is 1.92. The summed E-state index contributed by atoms with van der Waals surface area (Å²) in [6.07, 6.45) is 5.16. The summed E-state index contributed by atoms with van der Waals surface area (Å²) in [4.78, 5) is 3.96. The first-order valence-corrected chi connectivity index (χ1v) is 8.00. The van der Waals surface area contributed by atoms with Crippen molar-refractivity contribution in [3.8, 4) is 0 Å². The normalized spacial score (nSPS) is 11.6. The smallest absolute Gasteiger partial charge is 0.00579 e. The Morgan fingerprint density at radius 3 is 2.72 bits per heavy atom. The zero-order valence-corrected chi connectivity index (χ0v) is 12.9. The van der Waals surface area contributed by atoms with E-state index in [-0.39, 0.29) is 0 Å². The average Bonchev–Trinajstić information content (AvgIpc) is 2.83. The van der Waals surface area contributed by atoms with Crippen LogP contribution in [0.25, 0.3) is 0 Å². The Kier molecular flexibility index (Phi) is 8.31. The molecular weight excluding hydrogens is 240 g/mol. The SMILES string of the molecule is CC(C)NCCCCCN(C)CCc1cccs1. The van der Waals surface area contributed by atoms with Crippen molar-refractivity contribution in [1.82, 2.24) is 10.2 Å². The molecule has 3 heteroatoms. The van der Waals surface area contributed by atoms with Crippen LogP contribution in [0.1, 0.15) is 38.0 Å². The lowest BCUT2D eigenvalue weighted by Crippen LogP contribution is -2.24. The zero-order valence-electron chi connectivity index (χ0n) is 12.1. The van der Waals surface area contributed by atoms with E-state index in [0.717, 1.165) is 6.54 Å². The van der Waals surface area contributed by atoms with Gasteiger partial charge in [0.05, 0.1) is 0 Å². The van der Waals surface area contributed by atoms with Gasteiger partial charge in [-0.05, 0) is 50.8 Å². The van der Waals surface area contributed by atoms with Gasteiger partial charge >= 0.3 is 0 Å². The third-order valence-corrected chi connectivity index (χ3v) is 4.03. The highest BCUT2D eigenvalue weighted by molar-refractivity contribution is 7.09. The van der Waals surface area contributed by atoms with Crippen LogP contribution in [0.5, 0.6) is 0 Å². The van der Waals surface area contributed by atoms with Crippen molar-refractivity contribution in [1.29, 1.82) is 0 Å². The fourth-order valence-electron chi connectivity index (χ4n) is 1.94. The Labute approximate surface area is 116 Å². The third kappa shape index (κ3) is 7.85. The van der Waals surface area contributed by atoms with Gasteiger partial charge in [0, 0.05) is 17.5 Å². The summed E-state index contributed by atoms with van der Waals surface area (Å²) in [6, 6.07) is 5.00. The van der Waals surface area contributed by atoms with Gasteiger partial charge in [-0.3, -0.25) is 0 Å². The first-order chi connectivity index (χ1) is 8.68. The molecule has 0 fully saturated rings. The van der Waals surface area contributed by atoms with Gasteiger partial charge in [0.15, 0.2) is 0 Å². The van der Waals surface area contributed by atoms with Crippen LogP contribution >= 0.6 is 11.3 Å². The summed E-state index contributed by atoms with van der Waals surface area (Å²) in [5, 5.41) is 5.63. The van der Waals surface area contributed by atoms with Gasteiger partial charge in [-0.1, -0.05) is 26.3 Å². The maximum atomic E-state index is 3.47. The Morgan fingerprint density at radius 2 is 2.06 bits per heavy atom. The monoisotopic (exact) mass is 268 g/mol. The Bertz CT molecular complexity index is 283. The van der Waals surface area contributed by atoms with Crippen LogP contribution in [0, 0.1) is 0 Å². The van der Waals surface area contributed by atoms with E-state index in [1.54, 1.807) is 0 Å². The van der Waals surface area contributed by atoms with Crippen molar-refractivity contribution < 1.29 is 0 Å². The molecule has 0 spiro atoms. The number of rotatable bonds is 10. The third-order valence-electron chi connectivity index (χ3n) is 3.09. The van der Waals surface area contributed by atoms with Gasteiger partial charge in [0.25, 0.3) is 0 Å². The highest BCUT2D eigenvalue weighted by Crippen LogP contribution is 2.09. The van der Waals surface area contributed by atoms with Crippen molar-refractivity contribution in [2.45, 2.75) is 45.6 Å². The lowest BCUT2D eigenvalue weighted by molar-refractivity contribution is 0.328. The van der Waals surface area contributed by atoms with E-state index in [1.165, 1.54) is 43.6 Å². The molecule has 0 amide bonds. The Morgan fingerprint density at radius 1 is 1.22 bits per heavy atom. The highest BCUT2D eigenvalue weighted by atomic mass is 32.1. The molecule has 0 saturated carbocycles. The lowest BCUT2D eigenvalue weighted by atomic mass is 10.2. The quantitative estimate of drug-likeness (QED) is 0.654. The molecular formula is C15H28N2S. The molecule has 0 aromatic carbocycles. The van der Waals surface area contributed by atoms with Gasteiger partial charge < -0.3 is 10.2 Å². The fraction of sp³-hybridized carbons (Fsp3) is 0.733. The summed E-state index contributed by atoms with van der Waals surface area (Å²) in [6.45, 7) is 7.99. The number of nitrogens with zero attached hydrogens (tertiary/aromatic N) is 1. The first kappa shape index (κ1) is 15.7. The molecule has 0 radical (unpaired) electrons. The van der Waals surface area contributed by atoms with E-state index < -0.39 is 0 Å². The van der Waals surface area contributed by atoms with Crippen LogP contribution in [0.2, 0.25) is 0 Å². The maximum absolute atomic E-state index is 3.47. The number of nitrogens with one attached hydrogen (secondary N) is 1. The van der Waals surface area contributed by atoms with E-state index in [0.29, 0.717) is 6.04 Å². The zero-order chi connectivity index (χ0) is 13.2. The van der Waals surface area contributed by atoms with Crippen molar-refractivity contribution in [2.24, 2.45) is 0 Å². The number of thiophene rings is 1. The van der Waals surface area contributed by atoms with E-state index in [2.05, 4.69) is 48.6 Å². The predicted molar refractivity (Wildman–Crippen MR) is 82.5 cm³/mol. The van der Waals surface area contributed by atoms with E-state index in [4.69, 9.17) is 0 Å². The van der Waals surface area contributed by atoms with Crippen molar-refractivity contribution in [2.75, 3.05) is 26.7 Å². The molecule has 1 rings (SSSR count). The molecule has 0 aliphatic carbocycles. The molecule has 0 aliphatic heterocycles. The number of unbranched alkanes of at least 4 members (excludes halogenated alkanes) is 2. The minimum atomic E-state index is 0.624.